The first-order valence-electron chi connectivity index (χ1n) is 4.99. The van der Waals surface area contributed by atoms with Crippen LogP contribution in [-0.4, -0.2) is 5.91 Å². The highest BCUT2D eigenvalue weighted by Crippen LogP contribution is 2.33. The van der Waals surface area contributed by atoms with Gasteiger partial charge >= 0.3 is 0 Å². The Morgan fingerprint density at radius 1 is 1.19 bits per heavy atom. The molecule has 0 bridgehead atoms. The van der Waals surface area contributed by atoms with Gasteiger partial charge in [-0.1, -0.05) is 20.8 Å². The van der Waals surface area contributed by atoms with E-state index in [-0.39, 0.29) is 5.91 Å². The quantitative estimate of drug-likeness (QED) is 0.795. The second-order valence-corrected chi connectivity index (χ2v) is 6.52. The SMILES string of the molecule is Cc1cc(Br)c(NC(=O)C(C)(C)C)c(Br)c1. The topological polar surface area (TPSA) is 29.1 Å². The summed E-state index contributed by atoms with van der Waals surface area (Å²) in [5, 5.41) is 2.91. The van der Waals surface area contributed by atoms with Gasteiger partial charge in [0, 0.05) is 14.4 Å². The van der Waals surface area contributed by atoms with E-state index in [1.165, 1.54) is 0 Å². The first-order chi connectivity index (χ1) is 7.21. The third kappa shape index (κ3) is 3.32. The lowest BCUT2D eigenvalue weighted by molar-refractivity contribution is -0.123. The van der Waals surface area contributed by atoms with E-state index in [1.54, 1.807) is 0 Å². The van der Waals surface area contributed by atoms with Crippen molar-refractivity contribution < 1.29 is 4.79 Å². The van der Waals surface area contributed by atoms with Crippen LogP contribution in [0.25, 0.3) is 0 Å². The molecule has 16 heavy (non-hydrogen) atoms. The summed E-state index contributed by atoms with van der Waals surface area (Å²) in [4.78, 5) is 11.9. The van der Waals surface area contributed by atoms with Crippen molar-refractivity contribution in [1.29, 1.82) is 0 Å². The number of benzene rings is 1. The minimum Gasteiger partial charge on any atom is -0.324 e. The summed E-state index contributed by atoms with van der Waals surface area (Å²) in [6, 6.07) is 3.95. The van der Waals surface area contributed by atoms with Gasteiger partial charge in [0.25, 0.3) is 0 Å². The van der Waals surface area contributed by atoms with Crippen LogP contribution in [-0.2, 0) is 4.79 Å². The maximum Gasteiger partial charge on any atom is 0.229 e. The zero-order valence-corrected chi connectivity index (χ0v) is 13.0. The van der Waals surface area contributed by atoms with Crippen LogP contribution in [0, 0.1) is 12.3 Å². The van der Waals surface area contributed by atoms with Gasteiger partial charge in [0.15, 0.2) is 0 Å². The summed E-state index contributed by atoms with van der Waals surface area (Å²) in [6.07, 6.45) is 0. The van der Waals surface area contributed by atoms with E-state index >= 15 is 0 Å². The second-order valence-electron chi connectivity index (χ2n) is 4.81. The molecule has 1 amide bonds. The Labute approximate surface area is 113 Å². The van der Waals surface area contributed by atoms with Gasteiger partial charge in [0.05, 0.1) is 5.69 Å². The molecule has 0 heterocycles. The number of nitrogens with one attached hydrogen (secondary N) is 1. The lowest BCUT2D eigenvalue weighted by Gasteiger charge is -2.19. The Hall–Kier alpha value is -0.350. The van der Waals surface area contributed by atoms with Crippen LogP contribution in [0.5, 0.6) is 0 Å². The number of aryl methyl sites for hydroxylation is 1. The van der Waals surface area contributed by atoms with Gasteiger partial charge in [-0.3, -0.25) is 4.79 Å². The molecule has 0 aliphatic rings. The zero-order chi connectivity index (χ0) is 12.5. The molecular formula is C12H15Br2NO. The molecule has 4 heteroatoms. The van der Waals surface area contributed by atoms with E-state index in [4.69, 9.17) is 0 Å². The fourth-order valence-corrected chi connectivity index (χ4v) is 2.73. The zero-order valence-electron chi connectivity index (χ0n) is 9.82. The molecule has 0 aromatic heterocycles. The Kier molecular flexibility index (Phi) is 4.18. The number of hydrogen-bond donors (Lipinski definition) is 1. The van der Waals surface area contributed by atoms with Crippen molar-refractivity contribution in [1.82, 2.24) is 0 Å². The third-order valence-corrected chi connectivity index (χ3v) is 3.36. The van der Waals surface area contributed by atoms with Crippen molar-refractivity contribution in [3.63, 3.8) is 0 Å². The fraction of sp³-hybridized carbons (Fsp3) is 0.417. The summed E-state index contributed by atoms with van der Waals surface area (Å²) in [5.74, 6) is -0.00208. The normalized spacial score (nSPS) is 11.4. The molecule has 0 spiro atoms. The monoisotopic (exact) mass is 347 g/mol. The Balaban J connectivity index is 3.03. The molecule has 0 atom stereocenters. The minimum absolute atomic E-state index is 0.00208. The second kappa shape index (κ2) is 4.88. The van der Waals surface area contributed by atoms with Crippen LogP contribution in [0.4, 0.5) is 5.69 Å². The number of rotatable bonds is 1. The largest absolute Gasteiger partial charge is 0.324 e. The molecule has 1 aromatic carbocycles. The molecule has 0 saturated carbocycles. The number of anilines is 1. The van der Waals surface area contributed by atoms with E-state index in [9.17, 15) is 4.79 Å². The molecule has 1 N–H and O–H groups in total. The predicted molar refractivity (Wildman–Crippen MR) is 74.7 cm³/mol. The van der Waals surface area contributed by atoms with Gasteiger partial charge in [0.1, 0.15) is 0 Å². The van der Waals surface area contributed by atoms with Gasteiger partial charge in [-0.25, -0.2) is 0 Å². The van der Waals surface area contributed by atoms with E-state index in [1.807, 2.05) is 39.8 Å². The fourth-order valence-electron chi connectivity index (χ4n) is 1.12. The maximum atomic E-state index is 11.9. The van der Waals surface area contributed by atoms with Crippen molar-refractivity contribution in [3.05, 3.63) is 26.6 Å². The molecule has 1 aromatic rings. The number of carbonyl (C=O) groups excluding carboxylic acids is 1. The number of carbonyl (C=O) groups is 1. The highest BCUT2D eigenvalue weighted by atomic mass is 79.9. The van der Waals surface area contributed by atoms with E-state index in [0.29, 0.717) is 0 Å². The molecule has 2 nitrogen and oxygen atoms in total. The molecule has 88 valence electrons. The summed E-state index contributed by atoms with van der Waals surface area (Å²) < 4.78 is 1.77. The maximum absolute atomic E-state index is 11.9. The lowest BCUT2D eigenvalue weighted by Crippen LogP contribution is -2.27. The van der Waals surface area contributed by atoms with Crippen LogP contribution in [0.15, 0.2) is 21.1 Å². The molecule has 0 saturated heterocycles. The van der Waals surface area contributed by atoms with Crippen molar-refractivity contribution in [2.24, 2.45) is 5.41 Å². The summed E-state index contributed by atoms with van der Waals surface area (Å²) in [7, 11) is 0. The number of halogens is 2. The minimum atomic E-state index is -0.399. The molecule has 0 aliphatic heterocycles. The molecule has 0 unspecified atom stereocenters. The average Bonchev–Trinajstić information content (AvgIpc) is 2.08. The van der Waals surface area contributed by atoms with E-state index < -0.39 is 5.41 Å². The Morgan fingerprint density at radius 3 is 2.00 bits per heavy atom. The lowest BCUT2D eigenvalue weighted by atomic mass is 9.95. The Bertz CT molecular complexity index is 399. The highest BCUT2D eigenvalue weighted by Gasteiger charge is 2.22. The summed E-state index contributed by atoms with van der Waals surface area (Å²) in [6.45, 7) is 7.67. The van der Waals surface area contributed by atoms with E-state index in [0.717, 1.165) is 20.2 Å². The summed E-state index contributed by atoms with van der Waals surface area (Å²) >= 11 is 6.90. The van der Waals surface area contributed by atoms with Crippen molar-refractivity contribution >= 4 is 43.5 Å². The smallest absolute Gasteiger partial charge is 0.229 e. The standard InChI is InChI=1S/C12H15Br2NO/c1-7-5-8(13)10(9(14)6-7)15-11(16)12(2,3)4/h5-6H,1-4H3,(H,15,16). The molecule has 0 fully saturated rings. The van der Waals surface area contributed by atoms with Gasteiger partial charge in [-0.05, 0) is 56.5 Å². The van der Waals surface area contributed by atoms with Gasteiger partial charge < -0.3 is 5.32 Å². The molecular weight excluding hydrogens is 334 g/mol. The van der Waals surface area contributed by atoms with Crippen LogP contribution in [0.3, 0.4) is 0 Å². The number of amides is 1. The van der Waals surface area contributed by atoms with Gasteiger partial charge in [-0.2, -0.15) is 0 Å². The van der Waals surface area contributed by atoms with Gasteiger partial charge in [-0.15, -0.1) is 0 Å². The van der Waals surface area contributed by atoms with E-state index in [2.05, 4.69) is 37.2 Å². The molecule has 0 radical (unpaired) electrons. The molecule has 0 aliphatic carbocycles. The molecule has 1 rings (SSSR count). The first kappa shape index (κ1) is 13.7. The predicted octanol–water partition coefficient (Wildman–Crippen LogP) is 4.50. The van der Waals surface area contributed by atoms with Gasteiger partial charge in [0.2, 0.25) is 5.91 Å². The van der Waals surface area contributed by atoms with Crippen LogP contribution in [0.2, 0.25) is 0 Å². The van der Waals surface area contributed by atoms with Crippen molar-refractivity contribution in [2.75, 3.05) is 5.32 Å². The van der Waals surface area contributed by atoms with Crippen LogP contribution < -0.4 is 5.32 Å². The Morgan fingerprint density at radius 2 is 1.62 bits per heavy atom. The first-order valence-corrected chi connectivity index (χ1v) is 6.57. The number of hydrogen-bond acceptors (Lipinski definition) is 1. The van der Waals surface area contributed by atoms with Crippen molar-refractivity contribution in [2.45, 2.75) is 27.7 Å². The van der Waals surface area contributed by atoms with Crippen LogP contribution >= 0.6 is 31.9 Å². The van der Waals surface area contributed by atoms with Crippen molar-refractivity contribution in [3.8, 4) is 0 Å². The van der Waals surface area contributed by atoms with Crippen LogP contribution in [0.1, 0.15) is 26.3 Å². The average molecular weight is 349 g/mol. The summed E-state index contributed by atoms with van der Waals surface area (Å²) in [5.41, 5.74) is 1.52. The third-order valence-electron chi connectivity index (χ3n) is 2.11. The highest BCUT2D eigenvalue weighted by molar-refractivity contribution is 9.11.